The van der Waals surface area contributed by atoms with E-state index in [4.69, 9.17) is 14.2 Å². The second kappa shape index (κ2) is 8.35. The van der Waals surface area contributed by atoms with E-state index >= 15 is 0 Å². The zero-order valence-corrected chi connectivity index (χ0v) is 14.0. The monoisotopic (exact) mass is 304 g/mol. The number of rotatable bonds is 7. The molecule has 0 unspecified atom stereocenters. The maximum atomic E-state index is 6.18. The van der Waals surface area contributed by atoms with Crippen LogP contribution in [0.4, 0.5) is 0 Å². The average molecular weight is 304 g/mol. The second-order valence-electron chi connectivity index (χ2n) is 6.11. The molecule has 3 nitrogen and oxygen atoms in total. The minimum Gasteiger partial charge on any atom is -0.489 e. The van der Waals surface area contributed by atoms with Crippen LogP contribution in [0.5, 0.6) is 5.75 Å². The Kier molecular flexibility index (Phi) is 6.47. The van der Waals surface area contributed by atoms with Crippen LogP contribution < -0.4 is 4.74 Å². The first-order valence-corrected chi connectivity index (χ1v) is 8.28. The van der Waals surface area contributed by atoms with Gasteiger partial charge in [-0.15, -0.1) is 0 Å². The molecule has 2 rings (SSSR count). The van der Waals surface area contributed by atoms with Gasteiger partial charge in [-0.25, -0.2) is 0 Å². The maximum absolute atomic E-state index is 6.18. The van der Waals surface area contributed by atoms with Crippen LogP contribution >= 0.6 is 0 Å². The van der Waals surface area contributed by atoms with E-state index in [2.05, 4.69) is 20.4 Å². The van der Waals surface area contributed by atoms with Gasteiger partial charge in [-0.3, -0.25) is 0 Å². The zero-order valence-electron chi connectivity index (χ0n) is 14.0. The first-order valence-electron chi connectivity index (χ1n) is 8.28. The van der Waals surface area contributed by atoms with Crippen LogP contribution in [0.15, 0.2) is 36.4 Å². The quantitative estimate of drug-likeness (QED) is 0.672. The third-order valence-corrected chi connectivity index (χ3v) is 4.02. The molecular weight excluding hydrogens is 276 g/mol. The summed E-state index contributed by atoms with van der Waals surface area (Å²) in [5, 5.41) is 0. The van der Waals surface area contributed by atoms with Gasteiger partial charge in [0.15, 0.2) is 6.29 Å². The zero-order chi connectivity index (χ0) is 15.9. The molecule has 0 aromatic heterocycles. The standard InChI is InChI=1S/C19H28O3/c1-5-7-18-15(6-2)13-21-19(22-18)16-8-10-17(11-9-16)20-12-14(3)4/h8-11,15,18-19H,3,5-7,12-13H2,1-2,4H3/t15-,18-,19-/m0/s1. The molecule has 0 radical (unpaired) electrons. The summed E-state index contributed by atoms with van der Waals surface area (Å²) in [6, 6.07) is 7.97. The lowest BCUT2D eigenvalue weighted by molar-refractivity contribution is -0.243. The molecule has 1 saturated heterocycles. The molecule has 1 aromatic carbocycles. The first-order chi connectivity index (χ1) is 10.6. The molecule has 0 amide bonds. The van der Waals surface area contributed by atoms with Crippen molar-refractivity contribution in [3.8, 4) is 5.75 Å². The molecule has 0 saturated carbocycles. The Bertz CT molecular complexity index is 466. The lowest BCUT2D eigenvalue weighted by Crippen LogP contribution is -2.35. The van der Waals surface area contributed by atoms with Crippen molar-refractivity contribution in [1.29, 1.82) is 0 Å². The van der Waals surface area contributed by atoms with Gasteiger partial charge in [0, 0.05) is 11.5 Å². The largest absolute Gasteiger partial charge is 0.489 e. The maximum Gasteiger partial charge on any atom is 0.184 e. The van der Waals surface area contributed by atoms with Crippen LogP contribution in [0.1, 0.15) is 51.9 Å². The molecule has 1 fully saturated rings. The molecule has 3 heteroatoms. The van der Waals surface area contributed by atoms with Crippen molar-refractivity contribution in [2.45, 2.75) is 52.4 Å². The van der Waals surface area contributed by atoms with Crippen molar-refractivity contribution in [3.63, 3.8) is 0 Å². The van der Waals surface area contributed by atoms with E-state index in [1.54, 1.807) is 0 Å². The van der Waals surface area contributed by atoms with E-state index in [9.17, 15) is 0 Å². The van der Waals surface area contributed by atoms with Crippen molar-refractivity contribution in [1.82, 2.24) is 0 Å². The van der Waals surface area contributed by atoms with Gasteiger partial charge in [-0.2, -0.15) is 0 Å². The molecule has 22 heavy (non-hydrogen) atoms. The van der Waals surface area contributed by atoms with E-state index in [1.165, 1.54) is 0 Å². The molecule has 1 heterocycles. The second-order valence-corrected chi connectivity index (χ2v) is 6.11. The van der Waals surface area contributed by atoms with Crippen LogP contribution in [0.2, 0.25) is 0 Å². The van der Waals surface area contributed by atoms with Crippen molar-refractivity contribution in [2.24, 2.45) is 5.92 Å². The highest BCUT2D eigenvalue weighted by Crippen LogP contribution is 2.33. The van der Waals surface area contributed by atoms with Crippen LogP contribution in [0.25, 0.3) is 0 Å². The third kappa shape index (κ3) is 4.59. The van der Waals surface area contributed by atoms with E-state index in [1.807, 2.05) is 31.2 Å². The molecule has 3 atom stereocenters. The fourth-order valence-electron chi connectivity index (χ4n) is 2.70. The number of benzene rings is 1. The highest BCUT2D eigenvalue weighted by molar-refractivity contribution is 5.28. The Morgan fingerprint density at radius 2 is 2.00 bits per heavy atom. The molecule has 1 aliphatic rings. The average Bonchev–Trinajstić information content (AvgIpc) is 2.53. The highest BCUT2D eigenvalue weighted by atomic mass is 16.7. The van der Waals surface area contributed by atoms with E-state index in [0.29, 0.717) is 18.6 Å². The molecule has 0 bridgehead atoms. The van der Waals surface area contributed by atoms with Crippen molar-refractivity contribution < 1.29 is 14.2 Å². The van der Waals surface area contributed by atoms with Gasteiger partial charge in [-0.05, 0) is 37.5 Å². The Hall–Kier alpha value is -1.32. The lowest BCUT2D eigenvalue weighted by atomic mass is 9.95. The summed E-state index contributed by atoms with van der Waals surface area (Å²) in [6.07, 6.45) is 3.38. The normalized spacial score (nSPS) is 25.0. The predicted molar refractivity (Wildman–Crippen MR) is 89.0 cm³/mol. The summed E-state index contributed by atoms with van der Waals surface area (Å²) >= 11 is 0. The van der Waals surface area contributed by atoms with E-state index in [0.717, 1.165) is 42.8 Å². The molecular formula is C19H28O3. The smallest absolute Gasteiger partial charge is 0.184 e. The molecule has 0 spiro atoms. The van der Waals surface area contributed by atoms with Gasteiger partial charge >= 0.3 is 0 Å². The molecule has 0 aliphatic carbocycles. The SMILES string of the molecule is C=C(C)COc1ccc([C@H]2OC[C@H](CC)[C@H](CCC)O2)cc1. The van der Waals surface area contributed by atoms with Gasteiger partial charge in [0.25, 0.3) is 0 Å². The van der Waals surface area contributed by atoms with Crippen LogP contribution in [-0.4, -0.2) is 19.3 Å². The predicted octanol–water partition coefficient (Wildman–Crippen LogP) is 4.88. The van der Waals surface area contributed by atoms with Gasteiger partial charge in [0.2, 0.25) is 0 Å². The minimum atomic E-state index is -0.255. The summed E-state index contributed by atoms with van der Waals surface area (Å²) in [6.45, 7) is 11.5. The Balaban J connectivity index is 1.97. The minimum absolute atomic E-state index is 0.255. The third-order valence-electron chi connectivity index (χ3n) is 4.02. The van der Waals surface area contributed by atoms with Crippen molar-refractivity contribution in [2.75, 3.05) is 13.2 Å². The fourth-order valence-corrected chi connectivity index (χ4v) is 2.70. The summed E-state index contributed by atoms with van der Waals surface area (Å²) in [5.41, 5.74) is 2.06. The van der Waals surface area contributed by atoms with Crippen molar-refractivity contribution in [3.05, 3.63) is 42.0 Å². The van der Waals surface area contributed by atoms with Gasteiger partial charge in [0.05, 0.1) is 12.7 Å². The van der Waals surface area contributed by atoms with Gasteiger partial charge < -0.3 is 14.2 Å². The summed E-state index contributed by atoms with van der Waals surface area (Å²) in [7, 11) is 0. The Morgan fingerprint density at radius 3 is 2.59 bits per heavy atom. The summed E-state index contributed by atoms with van der Waals surface area (Å²) < 4.78 is 17.7. The lowest BCUT2D eigenvalue weighted by Gasteiger charge is -2.36. The van der Waals surface area contributed by atoms with Gasteiger partial charge in [0.1, 0.15) is 12.4 Å². The first kappa shape index (κ1) is 17.0. The van der Waals surface area contributed by atoms with Crippen LogP contribution in [0.3, 0.4) is 0 Å². The molecule has 122 valence electrons. The van der Waals surface area contributed by atoms with E-state index in [-0.39, 0.29) is 6.29 Å². The summed E-state index contributed by atoms with van der Waals surface area (Å²) in [4.78, 5) is 0. The fraction of sp³-hybridized carbons (Fsp3) is 0.579. The van der Waals surface area contributed by atoms with E-state index < -0.39 is 0 Å². The molecule has 1 aromatic rings. The Labute approximate surface area is 134 Å². The topological polar surface area (TPSA) is 27.7 Å². The van der Waals surface area contributed by atoms with Crippen LogP contribution in [0, 0.1) is 5.92 Å². The summed E-state index contributed by atoms with van der Waals surface area (Å²) in [5.74, 6) is 1.36. The molecule has 1 aliphatic heterocycles. The van der Waals surface area contributed by atoms with Gasteiger partial charge in [-0.1, -0.05) is 39.0 Å². The van der Waals surface area contributed by atoms with Crippen molar-refractivity contribution >= 4 is 0 Å². The Morgan fingerprint density at radius 1 is 1.27 bits per heavy atom. The number of hydrogen-bond acceptors (Lipinski definition) is 3. The van der Waals surface area contributed by atoms with Crippen LogP contribution in [-0.2, 0) is 9.47 Å². The number of hydrogen-bond donors (Lipinski definition) is 0. The molecule has 0 N–H and O–H groups in total. The number of ether oxygens (including phenoxy) is 3. The highest BCUT2D eigenvalue weighted by Gasteiger charge is 2.30.